The zero-order valence-electron chi connectivity index (χ0n) is 10.7. The summed E-state index contributed by atoms with van der Waals surface area (Å²) in [6.45, 7) is 1.15. The quantitative estimate of drug-likeness (QED) is 0.897. The molecule has 0 saturated heterocycles. The lowest BCUT2D eigenvalue weighted by Gasteiger charge is -2.10. The minimum Gasteiger partial charge on any atom is -0.392 e. The molecule has 1 aromatic carbocycles. The van der Waals surface area contributed by atoms with E-state index in [1.54, 1.807) is 0 Å². The van der Waals surface area contributed by atoms with Crippen LogP contribution in [0.5, 0.6) is 0 Å². The van der Waals surface area contributed by atoms with E-state index in [1.165, 1.54) is 32.1 Å². The molecular weight excluding hydrogens is 224 g/mol. The first-order valence-electron chi connectivity index (χ1n) is 6.91. The van der Waals surface area contributed by atoms with Crippen LogP contribution < -0.4 is 0 Å². The second kappa shape index (κ2) is 5.11. The lowest BCUT2D eigenvalue weighted by Crippen LogP contribution is -2.02. The molecule has 0 aliphatic heterocycles. The summed E-state index contributed by atoms with van der Waals surface area (Å²) in [5, 5.41) is 9.20. The highest BCUT2D eigenvalue weighted by Gasteiger charge is 2.15. The van der Waals surface area contributed by atoms with E-state index in [1.807, 2.05) is 18.5 Å². The van der Waals surface area contributed by atoms with E-state index < -0.39 is 0 Å². The van der Waals surface area contributed by atoms with Gasteiger partial charge in [0.25, 0.3) is 0 Å². The van der Waals surface area contributed by atoms with Crippen LogP contribution in [-0.2, 0) is 13.2 Å². The van der Waals surface area contributed by atoms with E-state index in [9.17, 15) is 5.11 Å². The van der Waals surface area contributed by atoms with Crippen molar-refractivity contribution in [2.24, 2.45) is 5.92 Å². The number of hydrogen-bond donors (Lipinski definition) is 1. The average Bonchev–Trinajstić information content (AvgIpc) is 3.05. The number of aromatic nitrogens is 2. The van der Waals surface area contributed by atoms with Crippen molar-refractivity contribution in [3.63, 3.8) is 0 Å². The first-order chi connectivity index (χ1) is 8.86. The second-order valence-corrected chi connectivity index (χ2v) is 5.36. The summed E-state index contributed by atoms with van der Waals surface area (Å²) >= 11 is 0. The SMILES string of the molecule is OCc1ccc2ncn(CCC3CCCC3)c2c1. The fraction of sp³-hybridized carbons (Fsp3) is 0.533. The van der Waals surface area contributed by atoms with Gasteiger partial charge in [-0.3, -0.25) is 0 Å². The smallest absolute Gasteiger partial charge is 0.0958 e. The Balaban J connectivity index is 1.78. The van der Waals surface area contributed by atoms with Crippen LogP contribution >= 0.6 is 0 Å². The summed E-state index contributed by atoms with van der Waals surface area (Å²) in [5.41, 5.74) is 3.14. The Hall–Kier alpha value is -1.35. The van der Waals surface area contributed by atoms with Gasteiger partial charge in [0, 0.05) is 6.54 Å². The number of aliphatic hydroxyl groups excluding tert-OH is 1. The predicted molar refractivity (Wildman–Crippen MR) is 72.2 cm³/mol. The molecule has 3 rings (SSSR count). The predicted octanol–water partition coefficient (Wildman–Crippen LogP) is 3.11. The van der Waals surface area contributed by atoms with E-state index in [4.69, 9.17) is 0 Å². The van der Waals surface area contributed by atoms with Crippen LogP contribution in [0.15, 0.2) is 24.5 Å². The first-order valence-corrected chi connectivity index (χ1v) is 6.91. The second-order valence-electron chi connectivity index (χ2n) is 5.36. The van der Waals surface area contributed by atoms with Gasteiger partial charge < -0.3 is 9.67 Å². The molecule has 3 heteroatoms. The maximum absolute atomic E-state index is 9.20. The molecule has 0 radical (unpaired) electrons. The summed E-state index contributed by atoms with van der Waals surface area (Å²) in [6, 6.07) is 5.99. The summed E-state index contributed by atoms with van der Waals surface area (Å²) < 4.78 is 2.23. The van der Waals surface area contributed by atoms with Gasteiger partial charge in [0.05, 0.1) is 24.0 Å². The van der Waals surface area contributed by atoms with Crippen LogP contribution in [0.2, 0.25) is 0 Å². The summed E-state index contributed by atoms with van der Waals surface area (Å²) in [5.74, 6) is 0.906. The number of hydrogen-bond acceptors (Lipinski definition) is 2. The molecule has 0 unspecified atom stereocenters. The maximum Gasteiger partial charge on any atom is 0.0958 e. The number of benzene rings is 1. The lowest BCUT2D eigenvalue weighted by molar-refractivity contribution is 0.282. The average molecular weight is 244 g/mol. The van der Waals surface area contributed by atoms with Crippen molar-refractivity contribution < 1.29 is 5.11 Å². The molecule has 0 spiro atoms. The van der Waals surface area contributed by atoms with E-state index in [-0.39, 0.29) is 6.61 Å². The van der Waals surface area contributed by atoms with Gasteiger partial charge in [-0.1, -0.05) is 31.7 Å². The van der Waals surface area contributed by atoms with Gasteiger partial charge in [-0.05, 0) is 30.0 Å². The van der Waals surface area contributed by atoms with Crippen LogP contribution in [0, 0.1) is 5.92 Å². The normalized spacial score (nSPS) is 16.7. The molecule has 0 atom stereocenters. The van der Waals surface area contributed by atoms with Gasteiger partial charge in [-0.25, -0.2) is 4.98 Å². The number of rotatable bonds is 4. The molecule has 0 amide bonds. The Bertz CT molecular complexity index is 526. The molecule has 1 aliphatic carbocycles. The van der Waals surface area contributed by atoms with Crippen LogP contribution in [-0.4, -0.2) is 14.7 Å². The number of imidazole rings is 1. The lowest BCUT2D eigenvalue weighted by atomic mass is 10.0. The molecule has 18 heavy (non-hydrogen) atoms. The summed E-state index contributed by atoms with van der Waals surface area (Å²) in [4.78, 5) is 4.42. The third-order valence-corrected chi connectivity index (χ3v) is 4.12. The fourth-order valence-corrected chi connectivity index (χ4v) is 3.00. The molecule has 1 heterocycles. The van der Waals surface area contributed by atoms with Crippen molar-refractivity contribution in [1.29, 1.82) is 0 Å². The largest absolute Gasteiger partial charge is 0.392 e. The number of aryl methyl sites for hydroxylation is 1. The monoisotopic (exact) mass is 244 g/mol. The zero-order valence-corrected chi connectivity index (χ0v) is 10.7. The van der Waals surface area contributed by atoms with E-state index >= 15 is 0 Å². The molecule has 0 bridgehead atoms. The highest BCUT2D eigenvalue weighted by molar-refractivity contribution is 5.76. The Morgan fingerprint density at radius 2 is 2.11 bits per heavy atom. The van der Waals surface area contributed by atoms with Crippen molar-refractivity contribution in [3.05, 3.63) is 30.1 Å². The topological polar surface area (TPSA) is 38.1 Å². The Morgan fingerprint density at radius 3 is 2.89 bits per heavy atom. The van der Waals surface area contributed by atoms with E-state index in [2.05, 4.69) is 15.6 Å². The third kappa shape index (κ3) is 2.27. The Kier molecular flexibility index (Phi) is 3.33. The molecule has 1 saturated carbocycles. The number of nitrogens with zero attached hydrogens (tertiary/aromatic N) is 2. The molecule has 96 valence electrons. The van der Waals surface area contributed by atoms with Crippen molar-refractivity contribution in [2.45, 2.75) is 45.3 Å². The van der Waals surface area contributed by atoms with E-state index in [0.29, 0.717) is 0 Å². The minimum atomic E-state index is 0.101. The zero-order chi connectivity index (χ0) is 12.4. The minimum absolute atomic E-state index is 0.101. The maximum atomic E-state index is 9.20. The molecule has 1 aromatic heterocycles. The van der Waals surface area contributed by atoms with Crippen LogP contribution in [0.3, 0.4) is 0 Å². The van der Waals surface area contributed by atoms with Crippen LogP contribution in [0.25, 0.3) is 11.0 Å². The molecule has 1 fully saturated rings. The molecule has 1 aliphatic rings. The Labute approximate surface area is 107 Å². The molecule has 1 N–H and O–H groups in total. The molecular formula is C15H20N2O. The van der Waals surface area contributed by atoms with Crippen molar-refractivity contribution >= 4 is 11.0 Å². The molecule has 3 nitrogen and oxygen atoms in total. The summed E-state index contributed by atoms with van der Waals surface area (Å²) in [6.07, 6.45) is 8.80. The van der Waals surface area contributed by atoms with E-state index in [0.717, 1.165) is 29.1 Å². The van der Waals surface area contributed by atoms with Crippen molar-refractivity contribution in [3.8, 4) is 0 Å². The number of fused-ring (bicyclic) bond motifs is 1. The molecule has 2 aromatic rings. The first kappa shape index (κ1) is 11.7. The van der Waals surface area contributed by atoms with Gasteiger partial charge in [-0.2, -0.15) is 0 Å². The van der Waals surface area contributed by atoms with Gasteiger partial charge in [-0.15, -0.1) is 0 Å². The fourth-order valence-electron chi connectivity index (χ4n) is 3.00. The standard InChI is InChI=1S/C15H20N2O/c18-10-13-5-6-14-15(9-13)17(11-16-14)8-7-12-3-1-2-4-12/h5-6,9,11-12,18H,1-4,7-8,10H2. The van der Waals surface area contributed by atoms with Gasteiger partial charge in [0.2, 0.25) is 0 Å². The summed E-state index contributed by atoms with van der Waals surface area (Å²) in [7, 11) is 0. The Morgan fingerprint density at radius 1 is 1.28 bits per heavy atom. The number of aliphatic hydroxyl groups is 1. The highest BCUT2D eigenvalue weighted by Crippen LogP contribution is 2.28. The van der Waals surface area contributed by atoms with Crippen molar-refractivity contribution in [1.82, 2.24) is 9.55 Å². The van der Waals surface area contributed by atoms with Crippen LogP contribution in [0.1, 0.15) is 37.7 Å². The highest BCUT2D eigenvalue weighted by atomic mass is 16.3. The van der Waals surface area contributed by atoms with Gasteiger partial charge in [0.1, 0.15) is 0 Å². The van der Waals surface area contributed by atoms with Gasteiger partial charge in [0.15, 0.2) is 0 Å². The van der Waals surface area contributed by atoms with Crippen molar-refractivity contribution in [2.75, 3.05) is 0 Å². The van der Waals surface area contributed by atoms with Gasteiger partial charge >= 0.3 is 0 Å². The third-order valence-electron chi connectivity index (χ3n) is 4.12. The van der Waals surface area contributed by atoms with Crippen LogP contribution in [0.4, 0.5) is 0 Å².